The largest absolute Gasteiger partial charge is 0.491 e. The van der Waals surface area contributed by atoms with E-state index in [1.165, 1.54) is 0 Å². The highest BCUT2D eigenvalue weighted by molar-refractivity contribution is 5.71. The van der Waals surface area contributed by atoms with Gasteiger partial charge in [0, 0.05) is 18.2 Å². The summed E-state index contributed by atoms with van der Waals surface area (Å²) in [5.41, 5.74) is 11.5. The molecule has 3 aromatic rings. The first-order chi connectivity index (χ1) is 15.5. The lowest BCUT2D eigenvalue weighted by atomic mass is 9.98. The molecule has 166 valence electrons. The van der Waals surface area contributed by atoms with Gasteiger partial charge in [-0.1, -0.05) is 19.9 Å². The highest BCUT2D eigenvalue weighted by Crippen LogP contribution is 2.39. The lowest BCUT2D eigenvalue weighted by Crippen LogP contribution is -2.27. The van der Waals surface area contributed by atoms with E-state index in [0.717, 1.165) is 64.0 Å². The van der Waals surface area contributed by atoms with Crippen LogP contribution in [0.1, 0.15) is 43.0 Å². The summed E-state index contributed by atoms with van der Waals surface area (Å²) < 4.78 is 17.2. The number of fused-ring (bicyclic) bond motifs is 2. The molecule has 5 rings (SSSR count). The van der Waals surface area contributed by atoms with Crippen molar-refractivity contribution < 1.29 is 14.2 Å². The van der Waals surface area contributed by atoms with Gasteiger partial charge in [0.25, 0.3) is 0 Å². The predicted molar refractivity (Wildman–Crippen MR) is 124 cm³/mol. The van der Waals surface area contributed by atoms with Crippen molar-refractivity contribution in [1.29, 1.82) is 0 Å². The predicted octanol–water partition coefficient (Wildman–Crippen LogP) is 4.68. The number of nitrogen functional groups attached to an aromatic ring is 1. The van der Waals surface area contributed by atoms with E-state index in [2.05, 4.69) is 59.9 Å². The molecule has 32 heavy (non-hydrogen) atoms. The van der Waals surface area contributed by atoms with Gasteiger partial charge in [0.15, 0.2) is 11.5 Å². The molecule has 1 unspecified atom stereocenters. The number of rotatable bonds is 4. The third-order valence-corrected chi connectivity index (χ3v) is 6.22. The Hall–Kier alpha value is -3.48. The van der Waals surface area contributed by atoms with Gasteiger partial charge in [0.1, 0.15) is 18.2 Å². The van der Waals surface area contributed by atoms with Crippen molar-refractivity contribution in [2.75, 3.05) is 30.6 Å². The van der Waals surface area contributed by atoms with Crippen molar-refractivity contribution in [3.8, 4) is 28.4 Å². The third kappa shape index (κ3) is 3.79. The first-order valence-electron chi connectivity index (χ1n) is 11.1. The summed E-state index contributed by atoms with van der Waals surface area (Å²) in [6.07, 6.45) is 1.000. The fourth-order valence-corrected chi connectivity index (χ4v) is 4.25. The summed E-state index contributed by atoms with van der Waals surface area (Å²) in [7, 11) is 0. The van der Waals surface area contributed by atoms with Crippen molar-refractivity contribution in [3.05, 3.63) is 53.2 Å². The Labute approximate surface area is 188 Å². The molecule has 2 N–H and O–H groups in total. The fourth-order valence-electron chi connectivity index (χ4n) is 4.25. The van der Waals surface area contributed by atoms with Gasteiger partial charge in [0.2, 0.25) is 12.7 Å². The highest BCUT2D eigenvalue weighted by atomic mass is 16.7. The van der Waals surface area contributed by atoms with Crippen LogP contribution in [0.15, 0.2) is 36.4 Å². The van der Waals surface area contributed by atoms with Crippen molar-refractivity contribution in [2.45, 2.75) is 39.7 Å². The van der Waals surface area contributed by atoms with Crippen LogP contribution >= 0.6 is 0 Å². The van der Waals surface area contributed by atoms with Gasteiger partial charge >= 0.3 is 0 Å². The van der Waals surface area contributed by atoms with E-state index < -0.39 is 0 Å². The molecule has 2 aliphatic heterocycles. The monoisotopic (exact) mass is 432 g/mol. The lowest BCUT2D eigenvalue weighted by molar-refractivity contribution is 0.174. The van der Waals surface area contributed by atoms with E-state index in [1.54, 1.807) is 0 Å². The number of benzene rings is 2. The topological polar surface area (TPSA) is 82.7 Å². The van der Waals surface area contributed by atoms with Gasteiger partial charge < -0.3 is 24.8 Å². The third-order valence-electron chi connectivity index (χ3n) is 6.22. The fraction of sp³-hybridized carbons (Fsp3) is 0.360. The molecule has 3 heterocycles. The average molecular weight is 433 g/mol. The Kier molecular flexibility index (Phi) is 5.25. The average Bonchev–Trinajstić information content (AvgIpc) is 3.15. The summed E-state index contributed by atoms with van der Waals surface area (Å²) in [6, 6.07) is 12.5. The summed E-state index contributed by atoms with van der Waals surface area (Å²) in [6.45, 7) is 8.67. The molecule has 0 amide bonds. The van der Waals surface area contributed by atoms with Crippen LogP contribution in [-0.2, 0) is 6.54 Å². The van der Waals surface area contributed by atoms with Crippen LogP contribution in [0.25, 0.3) is 11.1 Å². The van der Waals surface area contributed by atoms with Gasteiger partial charge in [-0.05, 0) is 60.2 Å². The lowest BCUT2D eigenvalue weighted by Gasteiger charge is -2.22. The number of nitrogens with zero attached hydrogens (tertiary/aromatic N) is 3. The van der Waals surface area contributed by atoms with Crippen molar-refractivity contribution >= 4 is 11.8 Å². The Bertz CT molecular complexity index is 1160. The molecule has 7 nitrogen and oxygen atoms in total. The van der Waals surface area contributed by atoms with Crippen LogP contribution in [0, 0.1) is 6.92 Å². The number of aryl methyl sites for hydroxylation is 1. The van der Waals surface area contributed by atoms with Crippen molar-refractivity contribution in [2.24, 2.45) is 0 Å². The molecular formula is C25H28N4O3. The van der Waals surface area contributed by atoms with Crippen LogP contribution in [-0.4, -0.2) is 29.9 Å². The maximum atomic E-state index is 6.16. The Morgan fingerprint density at radius 3 is 2.72 bits per heavy atom. The van der Waals surface area contributed by atoms with E-state index in [-0.39, 0.29) is 6.79 Å². The van der Waals surface area contributed by atoms with Gasteiger partial charge in [-0.2, -0.15) is 4.98 Å². The molecule has 0 radical (unpaired) electrons. The van der Waals surface area contributed by atoms with Gasteiger partial charge in [-0.3, -0.25) is 0 Å². The maximum absolute atomic E-state index is 6.16. The number of nitrogens with two attached hydrogens (primary N) is 1. The van der Waals surface area contributed by atoms with E-state index in [0.29, 0.717) is 25.0 Å². The second-order valence-electron chi connectivity index (χ2n) is 8.44. The number of aromatic nitrogens is 2. The molecule has 0 aliphatic carbocycles. The van der Waals surface area contributed by atoms with Gasteiger partial charge in [-0.15, -0.1) is 0 Å². The molecule has 0 spiro atoms. The SMILES string of the molecule is CCC(C)c1cc(N2CCOc3c(C)cc(-c4ccc5c(c4)OCO5)cc3C2)nc(N)n1. The van der Waals surface area contributed by atoms with Crippen LogP contribution in [0.2, 0.25) is 0 Å². The summed E-state index contributed by atoms with van der Waals surface area (Å²) in [4.78, 5) is 11.2. The summed E-state index contributed by atoms with van der Waals surface area (Å²) in [5, 5.41) is 0. The zero-order chi connectivity index (χ0) is 22.2. The Morgan fingerprint density at radius 1 is 1.03 bits per heavy atom. The maximum Gasteiger partial charge on any atom is 0.231 e. The molecule has 1 atom stereocenters. The molecule has 2 aromatic carbocycles. The summed E-state index contributed by atoms with van der Waals surface area (Å²) in [5.74, 6) is 4.00. The second kappa shape index (κ2) is 8.22. The molecule has 0 bridgehead atoms. The number of hydrogen-bond donors (Lipinski definition) is 1. The van der Waals surface area contributed by atoms with E-state index in [9.17, 15) is 0 Å². The smallest absolute Gasteiger partial charge is 0.231 e. The normalized spacial score (nSPS) is 15.7. The Balaban J connectivity index is 1.50. The summed E-state index contributed by atoms with van der Waals surface area (Å²) >= 11 is 0. The zero-order valence-corrected chi connectivity index (χ0v) is 18.7. The van der Waals surface area contributed by atoms with Crippen molar-refractivity contribution in [1.82, 2.24) is 9.97 Å². The van der Waals surface area contributed by atoms with Crippen LogP contribution < -0.4 is 24.8 Å². The van der Waals surface area contributed by atoms with Gasteiger partial charge in [0.05, 0.1) is 12.2 Å². The van der Waals surface area contributed by atoms with Gasteiger partial charge in [-0.25, -0.2) is 4.98 Å². The second-order valence-corrected chi connectivity index (χ2v) is 8.44. The molecule has 1 aromatic heterocycles. The first-order valence-corrected chi connectivity index (χ1v) is 11.1. The molecule has 7 heteroatoms. The molecule has 2 aliphatic rings. The van der Waals surface area contributed by atoms with Crippen LogP contribution in [0.4, 0.5) is 11.8 Å². The quantitative estimate of drug-likeness (QED) is 0.641. The minimum Gasteiger partial charge on any atom is -0.491 e. The number of hydrogen-bond acceptors (Lipinski definition) is 7. The first kappa shape index (κ1) is 20.4. The number of anilines is 2. The van der Waals surface area contributed by atoms with E-state index >= 15 is 0 Å². The minimum absolute atomic E-state index is 0.269. The van der Waals surface area contributed by atoms with E-state index in [4.69, 9.17) is 19.9 Å². The zero-order valence-electron chi connectivity index (χ0n) is 18.7. The number of ether oxygens (including phenoxy) is 3. The Morgan fingerprint density at radius 2 is 1.88 bits per heavy atom. The molecule has 0 saturated heterocycles. The molecular weight excluding hydrogens is 404 g/mol. The van der Waals surface area contributed by atoms with Crippen LogP contribution in [0.3, 0.4) is 0 Å². The van der Waals surface area contributed by atoms with Crippen LogP contribution in [0.5, 0.6) is 17.2 Å². The highest BCUT2D eigenvalue weighted by Gasteiger charge is 2.22. The molecule has 0 saturated carbocycles. The molecule has 0 fully saturated rings. The standard InChI is InChI=1S/C25H28N4O3/c1-4-15(2)20-12-23(28-25(26)27-20)29-7-8-30-24-16(3)9-18(10-19(24)13-29)17-5-6-21-22(11-17)32-14-31-21/h5-6,9-12,15H,4,7-8,13-14H2,1-3H3,(H2,26,27,28). The van der Waals surface area contributed by atoms with E-state index in [1.807, 2.05) is 12.1 Å². The van der Waals surface area contributed by atoms with Crippen molar-refractivity contribution in [3.63, 3.8) is 0 Å². The minimum atomic E-state index is 0.269.